The number of nitrogens with zero attached hydrogens (tertiary/aromatic N) is 1. The maximum Gasteiger partial charge on any atom is 0.191 e. The van der Waals surface area contributed by atoms with E-state index in [0.717, 1.165) is 51.5 Å². The molecule has 0 bridgehead atoms. The number of rotatable bonds is 6. The number of aliphatic imine (C=N–C) groups is 1. The van der Waals surface area contributed by atoms with Gasteiger partial charge in [-0.2, -0.15) is 0 Å². The van der Waals surface area contributed by atoms with Crippen molar-refractivity contribution in [3.63, 3.8) is 0 Å². The van der Waals surface area contributed by atoms with E-state index in [2.05, 4.69) is 59.8 Å². The summed E-state index contributed by atoms with van der Waals surface area (Å²) in [6, 6.07) is 10.8. The third kappa shape index (κ3) is 5.24. The summed E-state index contributed by atoms with van der Waals surface area (Å²) < 4.78 is 5.60. The molecular formula is C19H31N3O. The highest BCUT2D eigenvalue weighted by molar-refractivity contribution is 5.79. The number of hydrogen-bond donors (Lipinski definition) is 2. The van der Waals surface area contributed by atoms with Crippen LogP contribution in [0.25, 0.3) is 0 Å². The van der Waals surface area contributed by atoms with Gasteiger partial charge in [0.05, 0.1) is 0 Å². The summed E-state index contributed by atoms with van der Waals surface area (Å²) in [4.78, 5) is 4.36. The van der Waals surface area contributed by atoms with Crippen LogP contribution in [-0.2, 0) is 10.2 Å². The van der Waals surface area contributed by atoms with Gasteiger partial charge in [-0.15, -0.1) is 0 Å². The van der Waals surface area contributed by atoms with Crippen LogP contribution in [0.3, 0.4) is 0 Å². The van der Waals surface area contributed by atoms with Gasteiger partial charge in [0.2, 0.25) is 0 Å². The number of nitrogens with one attached hydrogen (secondary N) is 2. The summed E-state index contributed by atoms with van der Waals surface area (Å²) >= 11 is 0. The zero-order valence-electron chi connectivity index (χ0n) is 14.8. The van der Waals surface area contributed by atoms with Crippen molar-refractivity contribution in [3.05, 3.63) is 35.9 Å². The normalized spacial score (nSPS) is 18.0. The predicted octanol–water partition coefficient (Wildman–Crippen LogP) is 2.95. The zero-order chi connectivity index (χ0) is 16.5. The summed E-state index contributed by atoms with van der Waals surface area (Å²) in [5, 5.41) is 6.95. The minimum atomic E-state index is 0.134. The molecule has 1 aromatic carbocycles. The molecule has 0 amide bonds. The van der Waals surface area contributed by atoms with Crippen LogP contribution in [0.2, 0.25) is 0 Å². The second-order valence-corrected chi connectivity index (χ2v) is 6.79. The minimum absolute atomic E-state index is 0.134. The van der Waals surface area contributed by atoms with Crippen LogP contribution in [0.1, 0.15) is 38.7 Å². The van der Waals surface area contributed by atoms with Gasteiger partial charge >= 0.3 is 0 Å². The van der Waals surface area contributed by atoms with E-state index in [-0.39, 0.29) is 5.41 Å². The molecule has 128 valence electrons. The van der Waals surface area contributed by atoms with Gasteiger partial charge in [-0.3, -0.25) is 4.99 Å². The summed E-state index contributed by atoms with van der Waals surface area (Å²) in [5.74, 6) is 1.60. The molecule has 0 radical (unpaired) electrons. The Labute approximate surface area is 140 Å². The highest BCUT2D eigenvalue weighted by atomic mass is 16.5. The maximum atomic E-state index is 5.60. The smallest absolute Gasteiger partial charge is 0.191 e. The van der Waals surface area contributed by atoms with E-state index in [4.69, 9.17) is 4.74 Å². The minimum Gasteiger partial charge on any atom is -0.381 e. The van der Waals surface area contributed by atoms with E-state index in [1.807, 2.05) is 7.05 Å². The van der Waals surface area contributed by atoms with Gasteiger partial charge in [-0.25, -0.2) is 0 Å². The van der Waals surface area contributed by atoms with Gasteiger partial charge in [0.1, 0.15) is 0 Å². The molecule has 1 saturated heterocycles. The van der Waals surface area contributed by atoms with E-state index in [1.54, 1.807) is 0 Å². The van der Waals surface area contributed by atoms with Crippen molar-refractivity contribution >= 4 is 5.96 Å². The lowest BCUT2D eigenvalue weighted by Gasteiger charge is -2.38. The fourth-order valence-electron chi connectivity index (χ4n) is 3.07. The van der Waals surface area contributed by atoms with Crippen molar-refractivity contribution in [3.8, 4) is 0 Å². The molecule has 4 nitrogen and oxygen atoms in total. The van der Waals surface area contributed by atoms with Crippen molar-refractivity contribution in [2.45, 2.75) is 38.5 Å². The molecule has 1 aromatic rings. The van der Waals surface area contributed by atoms with E-state index in [9.17, 15) is 0 Å². The van der Waals surface area contributed by atoms with Gasteiger partial charge < -0.3 is 15.4 Å². The van der Waals surface area contributed by atoms with E-state index >= 15 is 0 Å². The van der Waals surface area contributed by atoms with Crippen molar-refractivity contribution in [1.82, 2.24) is 10.6 Å². The van der Waals surface area contributed by atoms with Crippen molar-refractivity contribution in [2.75, 3.05) is 33.4 Å². The van der Waals surface area contributed by atoms with Crippen LogP contribution in [0, 0.1) is 5.92 Å². The molecule has 23 heavy (non-hydrogen) atoms. The van der Waals surface area contributed by atoms with Crippen LogP contribution in [0.15, 0.2) is 35.3 Å². The summed E-state index contributed by atoms with van der Waals surface area (Å²) in [5.41, 5.74) is 1.53. The standard InChI is InChI=1S/C19H31N3O/c1-16(2)9-12-21-18(20-3)22-15-19(10-13-23-14-11-19)17-7-5-4-6-8-17/h4-8,16H,9-15H2,1-3H3,(H2,20,21,22). The van der Waals surface area contributed by atoms with Gasteiger partial charge in [0, 0.05) is 38.8 Å². The van der Waals surface area contributed by atoms with Crippen molar-refractivity contribution in [2.24, 2.45) is 10.9 Å². The van der Waals surface area contributed by atoms with E-state index < -0.39 is 0 Å². The number of hydrogen-bond acceptors (Lipinski definition) is 2. The zero-order valence-corrected chi connectivity index (χ0v) is 14.8. The molecule has 0 unspecified atom stereocenters. The number of ether oxygens (including phenoxy) is 1. The summed E-state index contributed by atoms with van der Waals surface area (Å²) in [6.07, 6.45) is 3.25. The molecule has 2 N–H and O–H groups in total. The SMILES string of the molecule is CN=C(NCCC(C)C)NCC1(c2ccccc2)CCOCC1. The molecule has 1 heterocycles. The Morgan fingerprint density at radius 3 is 2.48 bits per heavy atom. The Bertz CT molecular complexity index is 479. The first kappa shape index (κ1) is 17.8. The highest BCUT2D eigenvalue weighted by Gasteiger charge is 2.34. The molecule has 1 fully saturated rings. The Morgan fingerprint density at radius 2 is 1.87 bits per heavy atom. The van der Waals surface area contributed by atoms with Gasteiger partial charge in [0.15, 0.2) is 5.96 Å². The number of guanidine groups is 1. The first-order chi connectivity index (χ1) is 11.2. The second kappa shape index (κ2) is 8.92. The molecule has 0 saturated carbocycles. The third-order valence-electron chi connectivity index (χ3n) is 4.67. The molecular weight excluding hydrogens is 286 g/mol. The van der Waals surface area contributed by atoms with E-state index in [1.165, 1.54) is 5.56 Å². The number of benzene rings is 1. The molecule has 0 aromatic heterocycles. The molecule has 0 aliphatic carbocycles. The third-order valence-corrected chi connectivity index (χ3v) is 4.67. The highest BCUT2D eigenvalue weighted by Crippen LogP contribution is 2.34. The fraction of sp³-hybridized carbons (Fsp3) is 0.632. The Balaban J connectivity index is 1.98. The van der Waals surface area contributed by atoms with Crippen LogP contribution in [0.4, 0.5) is 0 Å². The maximum absolute atomic E-state index is 5.60. The van der Waals surface area contributed by atoms with Crippen LogP contribution < -0.4 is 10.6 Å². The van der Waals surface area contributed by atoms with Gasteiger partial charge in [-0.1, -0.05) is 44.2 Å². The monoisotopic (exact) mass is 317 g/mol. The average molecular weight is 317 g/mol. The largest absolute Gasteiger partial charge is 0.381 e. The predicted molar refractivity (Wildman–Crippen MR) is 97.0 cm³/mol. The lowest BCUT2D eigenvalue weighted by Crippen LogP contribution is -2.48. The second-order valence-electron chi connectivity index (χ2n) is 6.79. The van der Waals surface area contributed by atoms with Crippen molar-refractivity contribution < 1.29 is 4.74 Å². The van der Waals surface area contributed by atoms with Gasteiger partial charge in [0.25, 0.3) is 0 Å². The molecule has 4 heteroatoms. The van der Waals surface area contributed by atoms with Gasteiger partial charge in [-0.05, 0) is 30.7 Å². The first-order valence-electron chi connectivity index (χ1n) is 8.74. The lowest BCUT2D eigenvalue weighted by atomic mass is 9.74. The van der Waals surface area contributed by atoms with Crippen molar-refractivity contribution in [1.29, 1.82) is 0 Å². The molecule has 0 atom stereocenters. The van der Waals surface area contributed by atoms with E-state index in [0.29, 0.717) is 5.92 Å². The fourth-order valence-corrected chi connectivity index (χ4v) is 3.07. The molecule has 1 aliphatic rings. The molecule has 1 aliphatic heterocycles. The average Bonchev–Trinajstić information content (AvgIpc) is 2.59. The Morgan fingerprint density at radius 1 is 1.17 bits per heavy atom. The summed E-state index contributed by atoms with van der Waals surface area (Å²) in [7, 11) is 1.84. The van der Waals surface area contributed by atoms with Crippen LogP contribution in [0.5, 0.6) is 0 Å². The summed E-state index contributed by atoms with van der Waals surface area (Å²) in [6.45, 7) is 7.99. The lowest BCUT2D eigenvalue weighted by molar-refractivity contribution is 0.0514. The Kier molecular flexibility index (Phi) is 6.90. The van der Waals surface area contributed by atoms with Crippen LogP contribution >= 0.6 is 0 Å². The Hall–Kier alpha value is -1.55. The first-order valence-corrected chi connectivity index (χ1v) is 8.74. The molecule has 2 rings (SSSR count). The van der Waals surface area contributed by atoms with Crippen LogP contribution in [-0.4, -0.2) is 39.3 Å². The molecule has 0 spiro atoms. The quantitative estimate of drug-likeness (QED) is 0.626. The topological polar surface area (TPSA) is 45.7 Å².